The fourth-order valence-corrected chi connectivity index (χ4v) is 33.0. The number of benzene rings is 4. The van der Waals surface area contributed by atoms with Crippen LogP contribution in [0.1, 0.15) is 201 Å². The number of rotatable bonds is 17. The zero-order valence-electron chi connectivity index (χ0n) is 83.7. The third-order valence-electron chi connectivity index (χ3n) is 39.2. The van der Waals surface area contributed by atoms with Gasteiger partial charge in [-0.3, -0.25) is 29.1 Å². The number of Topliss-reactive ketones (excluding diaryl/α,β-unsaturated/α-hetero) is 2. The van der Waals surface area contributed by atoms with Crippen LogP contribution in [-0.4, -0.2) is 222 Å². The number of aliphatic hydroxyl groups excluding tert-OH is 3. The molecule has 25 rings (SSSR count). The number of hydrogen-bond acceptors (Lipinski definition) is 23. The zero-order chi connectivity index (χ0) is 100. The molecule has 0 spiro atoms. The van der Waals surface area contributed by atoms with Gasteiger partial charge in [-0.2, -0.15) is 20.3 Å². The van der Waals surface area contributed by atoms with Crippen LogP contribution >= 0.6 is 11.8 Å². The highest BCUT2D eigenvalue weighted by molar-refractivity contribution is 8.13. The van der Waals surface area contributed by atoms with Gasteiger partial charge in [-0.1, -0.05) is 94.1 Å². The van der Waals surface area contributed by atoms with Crippen LogP contribution < -0.4 is 9.80 Å². The maximum absolute atomic E-state index is 14.8. The second-order valence-electron chi connectivity index (χ2n) is 46.3. The van der Waals surface area contributed by atoms with Gasteiger partial charge in [0.05, 0.1) is 103 Å². The Morgan fingerprint density at radius 3 is 1.37 bits per heavy atom. The summed E-state index contributed by atoms with van der Waals surface area (Å²) in [5.74, 6) is 3.36. The van der Waals surface area contributed by atoms with Gasteiger partial charge < -0.3 is 48.9 Å². The smallest absolute Gasteiger partial charge is 0.375 e. The lowest BCUT2D eigenvalue weighted by molar-refractivity contribution is -0.180. The minimum atomic E-state index is -1.46. The monoisotopic (exact) mass is 1990 g/mol. The normalized spacial score (nSPS) is 34.2. The van der Waals surface area contributed by atoms with Crippen LogP contribution in [0, 0.1) is 116 Å². The number of allylic oxidation sites excluding steroid dienone is 3. The van der Waals surface area contributed by atoms with Gasteiger partial charge in [0.2, 0.25) is 10.9 Å². The molecule has 10 aromatic rings. The molecule has 21 atom stereocenters. The third kappa shape index (κ3) is 16.2. The Morgan fingerprint density at radius 1 is 0.490 bits per heavy atom. The number of fused-ring (bicyclic) bond motifs is 19. The Bertz CT molecular complexity index is 6760. The van der Waals surface area contributed by atoms with Crippen LogP contribution in [0.25, 0.3) is 46.4 Å². The summed E-state index contributed by atoms with van der Waals surface area (Å²) in [7, 11) is 0. The van der Waals surface area contributed by atoms with Crippen molar-refractivity contribution in [2.75, 3.05) is 94.9 Å². The van der Waals surface area contributed by atoms with E-state index in [1.165, 1.54) is 59.4 Å². The first kappa shape index (κ1) is 97.5. The van der Waals surface area contributed by atoms with Crippen molar-refractivity contribution < 1.29 is 71.5 Å². The minimum Gasteiger partial charge on any atom is -0.457 e. The first-order chi connectivity index (χ1) is 69.7. The number of thioether (sulfide) groups is 1. The topological polar surface area (TPSA) is 300 Å². The number of carbonyl (C=O) groups excluding carboxylic acids is 4. The van der Waals surface area contributed by atoms with Gasteiger partial charge in [0.15, 0.2) is 22.8 Å². The predicted molar refractivity (Wildman–Crippen MR) is 546 cm³/mol. The molecule has 0 bridgehead atoms. The Labute approximate surface area is 848 Å². The molecule has 9 heterocycles. The number of para-hydroxylation sites is 2. The number of anilines is 2. The second-order valence-corrected chi connectivity index (χ2v) is 47.3. The number of ether oxygens (including phenoxy) is 1. The molecule has 25 nitrogen and oxygen atoms in total. The highest BCUT2D eigenvalue weighted by Crippen LogP contribution is 2.73. The first-order valence-corrected chi connectivity index (χ1v) is 53.8. The molecular weight excluding hydrogens is 1860 g/mol. The summed E-state index contributed by atoms with van der Waals surface area (Å²) in [5.41, 5.74) is 8.02. The molecule has 760 valence electrons. The Hall–Kier alpha value is -10.9. The molecule has 3 saturated heterocycles. The number of oxazole rings is 1. The van der Waals surface area contributed by atoms with Crippen molar-refractivity contribution in [3.63, 3.8) is 0 Å². The summed E-state index contributed by atoms with van der Waals surface area (Å²) in [6, 6.07) is 36.7. The molecule has 5 N–H and O–H groups in total. The summed E-state index contributed by atoms with van der Waals surface area (Å²) < 4.78 is 64.5. The number of pyridine rings is 1. The predicted octanol–water partition coefficient (Wildman–Crippen LogP) is 17.0. The molecule has 9 unspecified atom stereocenters. The van der Waals surface area contributed by atoms with Crippen molar-refractivity contribution >= 4 is 75.6 Å². The molecule has 6 aromatic heterocycles. The Kier molecular flexibility index (Phi) is 25.0. The molecule has 15 aliphatic rings. The number of terminal acetylenes is 1. The average Bonchev–Trinajstić information content (AvgIpc) is 0.922. The number of piperazine rings is 2. The van der Waals surface area contributed by atoms with E-state index in [2.05, 4.69) is 100 Å². The van der Waals surface area contributed by atoms with Crippen LogP contribution in [0.15, 0.2) is 178 Å². The summed E-state index contributed by atoms with van der Waals surface area (Å²) in [4.78, 5) is 76.9. The van der Waals surface area contributed by atoms with E-state index in [9.17, 15) is 57.9 Å². The lowest BCUT2D eigenvalue weighted by Crippen LogP contribution is -2.63. The first-order valence-electron chi connectivity index (χ1n) is 52.8. The number of aromatic nitrogens is 8. The van der Waals surface area contributed by atoms with E-state index >= 15 is 0 Å². The van der Waals surface area contributed by atoms with E-state index in [0.29, 0.717) is 89.4 Å². The molecule has 3 aliphatic heterocycles. The number of ketones is 2. The molecule has 12 fully saturated rings. The van der Waals surface area contributed by atoms with Gasteiger partial charge >= 0.3 is 5.97 Å². The molecule has 0 radical (unpaired) electrons. The lowest BCUT2D eigenvalue weighted by Gasteiger charge is -2.60. The van der Waals surface area contributed by atoms with E-state index in [0.717, 1.165) is 208 Å². The van der Waals surface area contributed by atoms with Crippen molar-refractivity contribution in [3.05, 3.63) is 232 Å². The van der Waals surface area contributed by atoms with Crippen LogP contribution in [0.5, 0.6) is 0 Å². The van der Waals surface area contributed by atoms with Crippen LogP contribution in [-0.2, 0) is 44.1 Å². The van der Waals surface area contributed by atoms with Crippen LogP contribution in [0.2, 0.25) is 0 Å². The van der Waals surface area contributed by atoms with Crippen molar-refractivity contribution in [2.45, 2.75) is 211 Å². The highest BCUT2D eigenvalue weighted by Gasteiger charge is 2.74. The minimum absolute atomic E-state index is 0.0327. The number of aliphatic hydroxyl groups is 5. The molecule has 4 aromatic carbocycles. The SMILES string of the molecule is C#CCN1CCN(CC(=O)[C@@]2(O)CCC3C4CCC5=Cc6c(cnn6-c6ccc(F)cc6)C[C@]5(C)C4[C@@H](O)C[C@@]32C)CC1.C[C@]12Cc3cnn(-c4ccc(F)cc4)c3C=C1CCC1C2[C@@H](O)C[C@@]2(C)C1CC[C@]2(O)C(=O)CN1CCN(c2nc3ccccc3o2)CC1.C[C@]12Cc3cnn(-c4ccc(F)cc4)c3C=C1CCC1C2[C@@H](O)C[C@@]2(C)C1CC[C@]2(OC(=O)c1ccco1)C(=O)SCc1cccc(N2CCCC2)n1. The number of esters is 1. The summed E-state index contributed by atoms with van der Waals surface area (Å²) >= 11 is 1.16. The van der Waals surface area contributed by atoms with Crippen LogP contribution in [0.3, 0.4) is 0 Å². The fourth-order valence-electron chi connectivity index (χ4n) is 31.9. The maximum Gasteiger partial charge on any atom is 0.375 e. The summed E-state index contributed by atoms with van der Waals surface area (Å²) in [6.45, 7) is 22.1. The quantitative estimate of drug-likeness (QED) is 0.0418. The van der Waals surface area contributed by atoms with Gasteiger partial charge in [0, 0.05) is 87.4 Å². The van der Waals surface area contributed by atoms with E-state index < -0.39 is 57.3 Å². The second kappa shape index (κ2) is 37.1. The number of furan rings is 1. The number of carbonyl (C=O) groups is 4. The fraction of sp³-hybridized carbons (Fsp3) is 0.526. The molecule has 145 heavy (non-hydrogen) atoms. The Morgan fingerprint density at radius 2 is 0.924 bits per heavy atom. The van der Waals surface area contributed by atoms with Gasteiger partial charge in [0.25, 0.3) is 6.01 Å². The zero-order valence-corrected chi connectivity index (χ0v) is 84.5. The van der Waals surface area contributed by atoms with Gasteiger partial charge in [-0.05, 0) is 342 Å². The number of hydrogen-bond donors (Lipinski definition) is 5. The summed E-state index contributed by atoms with van der Waals surface area (Å²) in [5, 5.41) is 74.8. The van der Waals surface area contributed by atoms with Crippen molar-refractivity contribution in [2.24, 2.45) is 85.8 Å². The van der Waals surface area contributed by atoms with Crippen molar-refractivity contribution in [1.29, 1.82) is 0 Å². The molecule has 0 amide bonds. The molecule has 9 saturated carbocycles. The van der Waals surface area contributed by atoms with Crippen LogP contribution in [0.4, 0.5) is 25.0 Å². The maximum atomic E-state index is 14.8. The molecule has 12 aliphatic carbocycles. The third-order valence-corrected chi connectivity index (χ3v) is 40.2. The molecular formula is C116H132F3N13O12S. The van der Waals surface area contributed by atoms with E-state index in [-0.39, 0.29) is 122 Å². The number of halogens is 3. The van der Waals surface area contributed by atoms with Gasteiger partial charge in [-0.15, -0.1) is 6.42 Å². The standard InChI is InChI=1S/C42H45FN4O5S.C39H44FN5O4.C35H43FN4O3/c1-40-22-26-24-44-47(30-13-11-28(43)12-14-30)33(26)21-27(40)10-15-31-32-16-17-42(41(32,2)23-34(48)37(31)40,52-38(49)35-8-6-20-51-35)39(50)53-25-29-7-5-9-36(45-29)46-18-3-4-19-46;1-37-20-24-22-41-45(27-10-8-26(40)9-11-27)31(24)19-25(37)7-12-28-29-13-14-39(48,38(29,2)21-32(46)35(28)37)34(47)23-43-15-17-44(18-16-43)36-42-30-5-3-4-6-33(30)49-36;1-4-13-38-14-16-39(17-15-38)22-31(42)35(43)12-11-28-27-10-5-24-18-29-23(21-37-40(29)26-8-6-25(36)7-9-26)19-33(24,2)32(27)30(41)20-34(28,35)3/h5-9,11-14,20-21,24,31-32,34,37,48H,3-4,10,15-19,22-23,25H2,1-2H3;3-6,8-11,19,22,28-29,32,35,46,48H,7,12-18,20-21,23H2,1-2H3;1,6-9,18,21,27-28,30,32,41,43H,5,10-17,19-20,22H2,2-3H3/t31?,32?,34-,37?,40-,41-,42-;28?,29?,32-,35?,37-,38-,39-;27?,28?,30-,32?,33-,34-,35-/m000/s1. The van der Waals surface area contributed by atoms with Crippen molar-refractivity contribution in [1.82, 2.24) is 54.0 Å². The largest absolute Gasteiger partial charge is 0.457 e. The van der Waals surface area contributed by atoms with Gasteiger partial charge in [-0.25, -0.2) is 37.0 Å². The van der Waals surface area contributed by atoms with E-state index in [1.54, 1.807) is 48.5 Å². The number of nitrogens with zero attached hydrogens (tertiary/aromatic N) is 13. The van der Waals surface area contributed by atoms with E-state index in [1.807, 2.05) is 75.1 Å². The van der Waals surface area contributed by atoms with Gasteiger partial charge in [0.1, 0.15) is 40.0 Å². The van der Waals surface area contributed by atoms with E-state index in [4.69, 9.17) is 35.2 Å². The Balaban J connectivity index is 0.000000121. The summed E-state index contributed by atoms with van der Waals surface area (Å²) in [6.07, 6.45) is 32.2. The average molecular weight is 1990 g/mol. The highest BCUT2D eigenvalue weighted by atomic mass is 32.2. The lowest BCUT2D eigenvalue weighted by atomic mass is 9.45. The molecule has 29 heteroatoms. The van der Waals surface area contributed by atoms with Crippen molar-refractivity contribution in [3.8, 4) is 29.4 Å².